The number of carbonyl (C=O) groups excluding carboxylic acids is 2. The molecule has 3 aliphatic rings. The number of halogens is 1. The van der Waals surface area contributed by atoms with Crippen LogP contribution in [0.4, 0.5) is 0 Å². The summed E-state index contributed by atoms with van der Waals surface area (Å²) in [5.74, 6) is 0.852. The van der Waals surface area contributed by atoms with Gasteiger partial charge in [0.1, 0.15) is 0 Å². The maximum absolute atomic E-state index is 13.9. The lowest BCUT2D eigenvalue weighted by atomic mass is 9.89. The molecule has 0 N–H and O–H groups in total. The Labute approximate surface area is 234 Å². The molecule has 0 spiro atoms. The van der Waals surface area contributed by atoms with Crippen LogP contribution in [0, 0.1) is 5.92 Å². The largest absolute Gasteiger partial charge is 0.381 e. The van der Waals surface area contributed by atoms with Crippen LogP contribution in [0.5, 0.6) is 0 Å². The predicted octanol–water partition coefficient (Wildman–Crippen LogP) is 5.29. The van der Waals surface area contributed by atoms with Gasteiger partial charge in [-0.2, -0.15) is 5.10 Å². The van der Waals surface area contributed by atoms with E-state index >= 15 is 0 Å². The van der Waals surface area contributed by atoms with E-state index in [0.717, 1.165) is 50.0 Å². The minimum absolute atomic E-state index is 0.0457. The fourth-order valence-electron chi connectivity index (χ4n) is 6.39. The molecule has 3 aromatic rings. The maximum atomic E-state index is 13.9. The second-order valence-corrected chi connectivity index (χ2v) is 11.4. The number of piperidine rings is 1. The Morgan fingerprint density at radius 1 is 0.821 bits per heavy atom. The first-order valence-corrected chi connectivity index (χ1v) is 14.5. The molecule has 3 saturated heterocycles. The molecule has 6 rings (SSSR count). The van der Waals surface area contributed by atoms with Gasteiger partial charge in [0.2, 0.25) is 5.91 Å². The van der Waals surface area contributed by atoms with Crippen molar-refractivity contribution in [2.75, 3.05) is 39.4 Å². The second kappa shape index (κ2) is 11.5. The SMILES string of the molecule is O=C(c1cnn(-c2ccc(Cl)cc2)c1C1CCN(C(=O)C2CCOCC2)CC1)N1CCC(c2ccccc2)C1. The van der Waals surface area contributed by atoms with Crippen molar-refractivity contribution in [3.63, 3.8) is 0 Å². The van der Waals surface area contributed by atoms with Gasteiger partial charge in [0.05, 0.1) is 23.1 Å². The summed E-state index contributed by atoms with van der Waals surface area (Å²) in [5, 5.41) is 5.38. The minimum Gasteiger partial charge on any atom is -0.381 e. The molecule has 1 aromatic heterocycles. The highest BCUT2D eigenvalue weighted by Crippen LogP contribution is 2.35. The van der Waals surface area contributed by atoms with Crippen LogP contribution >= 0.6 is 11.6 Å². The number of hydrogen-bond donors (Lipinski definition) is 0. The standard InChI is InChI=1S/C31H35ClN4O3/c32-26-6-8-27(9-7-26)36-29(23-10-15-34(16-11-23)30(37)24-13-18-39-19-14-24)28(20-33-36)31(38)35-17-12-25(21-35)22-4-2-1-3-5-22/h1-9,20,23-25H,10-19,21H2. The highest BCUT2D eigenvalue weighted by molar-refractivity contribution is 6.30. The van der Waals surface area contributed by atoms with Crippen LogP contribution in [0.1, 0.15) is 65.6 Å². The normalized spacial score (nSPS) is 20.9. The maximum Gasteiger partial charge on any atom is 0.257 e. The van der Waals surface area contributed by atoms with E-state index in [4.69, 9.17) is 21.4 Å². The number of aromatic nitrogens is 2. The van der Waals surface area contributed by atoms with Crippen LogP contribution in [0.3, 0.4) is 0 Å². The van der Waals surface area contributed by atoms with E-state index < -0.39 is 0 Å². The molecule has 3 fully saturated rings. The number of ether oxygens (including phenoxy) is 1. The lowest BCUT2D eigenvalue weighted by molar-refractivity contribution is -0.139. The fourth-order valence-corrected chi connectivity index (χ4v) is 6.52. The van der Waals surface area contributed by atoms with E-state index in [-0.39, 0.29) is 23.7 Å². The van der Waals surface area contributed by atoms with Gasteiger partial charge in [0.15, 0.2) is 0 Å². The van der Waals surface area contributed by atoms with Crippen LogP contribution in [0.15, 0.2) is 60.8 Å². The summed E-state index contributed by atoms with van der Waals surface area (Å²) in [6.45, 7) is 4.18. The zero-order valence-electron chi connectivity index (χ0n) is 22.2. The molecular formula is C31H35ClN4O3. The number of nitrogens with zero attached hydrogens (tertiary/aromatic N) is 4. The third-order valence-corrected chi connectivity index (χ3v) is 8.87. The van der Waals surface area contributed by atoms with Gasteiger partial charge < -0.3 is 14.5 Å². The Hall–Kier alpha value is -3.16. The first kappa shape index (κ1) is 26.1. The summed E-state index contributed by atoms with van der Waals surface area (Å²) in [7, 11) is 0. The molecule has 0 bridgehead atoms. The van der Waals surface area contributed by atoms with Gasteiger partial charge in [0, 0.05) is 62.2 Å². The Kier molecular flexibility index (Phi) is 7.71. The number of hydrogen-bond acceptors (Lipinski definition) is 4. The second-order valence-electron chi connectivity index (χ2n) is 11.0. The monoisotopic (exact) mass is 546 g/mol. The summed E-state index contributed by atoms with van der Waals surface area (Å²) in [6, 6.07) is 18.0. The number of likely N-dealkylation sites (tertiary alicyclic amines) is 2. The van der Waals surface area contributed by atoms with E-state index in [1.165, 1.54) is 5.56 Å². The molecule has 1 unspecified atom stereocenters. The molecule has 1 atom stereocenters. The van der Waals surface area contributed by atoms with E-state index in [2.05, 4.69) is 24.3 Å². The van der Waals surface area contributed by atoms with Crippen molar-refractivity contribution >= 4 is 23.4 Å². The summed E-state index contributed by atoms with van der Waals surface area (Å²) in [5.41, 5.74) is 3.79. The first-order valence-electron chi connectivity index (χ1n) is 14.1. The molecule has 4 heterocycles. The van der Waals surface area contributed by atoms with Crippen LogP contribution in [0.2, 0.25) is 5.02 Å². The molecule has 0 aliphatic carbocycles. The highest BCUT2D eigenvalue weighted by Gasteiger charge is 2.35. The van der Waals surface area contributed by atoms with Crippen LogP contribution in [-0.4, -0.2) is 70.8 Å². The molecule has 2 aromatic carbocycles. The van der Waals surface area contributed by atoms with Crippen molar-refractivity contribution in [3.05, 3.63) is 82.6 Å². The van der Waals surface area contributed by atoms with E-state index in [9.17, 15) is 9.59 Å². The van der Waals surface area contributed by atoms with Gasteiger partial charge in [-0.1, -0.05) is 41.9 Å². The third-order valence-electron chi connectivity index (χ3n) is 8.62. The van der Waals surface area contributed by atoms with E-state index in [1.54, 1.807) is 6.20 Å². The fraction of sp³-hybridized carbons (Fsp3) is 0.452. The smallest absolute Gasteiger partial charge is 0.257 e. The molecule has 0 saturated carbocycles. The number of benzene rings is 2. The summed E-state index contributed by atoms with van der Waals surface area (Å²) in [4.78, 5) is 31.1. The van der Waals surface area contributed by atoms with E-state index in [0.29, 0.717) is 49.4 Å². The van der Waals surface area contributed by atoms with Gasteiger partial charge in [-0.15, -0.1) is 0 Å². The zero-order chi connectivity index (χ0) is 26.8. The Morgan fingerprint density at radius 3 is 2.21 bits per heavy atom. The zero-order valence-corrected chi connectivity index (χ0v) is 22.9. The van der Waals surface area contributed by atoms with Crippen molar-refractivity contribution < 1.29 is 14.3 Å². The summed E-state index contributed by atoms with van der Waals surface area (Å²) in [6.07, 6.45) is 5.92. The molecule has 39 heavy (non-hydrogen) atoms. The topological polar surface area (TPSA) is 67.7 Å². The number of carbonyl (C=O) groups is 2. The van der Waals surface area contributed by atoms with Crippen molar-refractivity contribution in [2.24, 2.45) is 5.92 Å². The van der Waals surface area contributed by atoms with Crippen molar-refractivity contribution in [2.45, 2.75) is 43.9 Å². The highest BCUT2D eigenvalue weighted by atomic mass is 35.5. The van der Waals surface area contributed by atoms with Gasteiger partial charge in [-0.25, -0.2) is 4.68 Å². The average Bonchev–Trinajstić information content (AvgIpc) is 3.67. The third kappa shape index (κ3) is 5.48. The first-order chi connectivity index (χ1) is 19.1. The molecular weight excluding hydrogens is 512 g/mol. The van der Waals surface area contributed by atoms with Crippen molar-refractivity contribution in [1.82, 2.24) is 19.6 Å². The lowest BCUT2D eigenvalue weighted by Crippen LogP contribution is -2.43. The van der Waals surface area contributed by atoms with Crippen LogP contribution in [0.25, 0.3) is 5.69 Å². The van der Waals surface area contributed by atoms with Crippen molar-refractivity contribution in [1.29, 1.82) is 0 Å². The van der Waals surface area contributed by atoms with Crippen LogP contribution in [-0.2, 0) is 9.53 Å². The van der Waals surface area contributed by atoms with Crippen LogP contribution < -0.4 is 0 Å². The Bertz CT molecular complexity index is 1300. The van der Waals surface area contributed by atoms with E-state index in [1.807, 2.05) is 44.8 Å². The minimum atomic E-state index is 0.0457. The van der Waals surface area contributed by atoms with Gasteiger partial charge in [-0.3, -0.25) is 9.59 Å². The Balaban J connectivity index is 1.23. The molecule has 204 valence electrons. The molecule has 3 aliphatic heterocycles. The Morgan fingerprint density at radius 2 is 1.49 bits per heavy atom. The molecule has 2 amide bonds. The lowest BCUT2D eigenvalue weighted by Gasteiger charge is -2.35. The van der Waals surface area contributed by atoms with Crippen molar-refractivity contribution in [3.8, 4) is 5.69 Å². The predicted molar refractivity (Wildman–Crippen MR) is 150 cm³/mol. The average molecular weight is 547 g/mol. The molecule has 7 nitrogen and oxygen atoms in total. The number of amides is 2. The molecule has 8 heteroatoms. The van der Waals surface area contributed by atoms with Gasteiger partial charge in [0.25, 0.3) is 5.91 Å². The molecule has 0 radical (unpaired) electrons. The summed E-state index contributed by atoms with van der Waals surface area (Å²) < 4.78 is 7.36. The number of rotatable bonds is 5. The van der Waals surface area contributed by atoms with Gasteiger partial charge in [-0.05, 0) is 61.9 Å². The quantitative estimate of drug-likeness (QED) is 0.436. The summed E-state index contributed by atoms with van der Waals surface area (Å²) >= 11 is 6.17. The van der Waals surface area contributed by atoms with Gasteiger partial charge >= 0.3 is 0 Å².